The van der Waals surface area contributed by atoms with Gasteiger partial charge in [-0.2, -0.15) is 4.57 Å². The van der Waals surface area contributed by atoms with Crippen LogP contribution in [0.1, 0.15) is 13.2 Å². The van der Waals surface area contributed by atoms with E-state index in [2.05, 4.69) is 35.9 Å². The Bertz CT molecular complexity index is 473. The molecule has 1 aliphatic rings. The number of para-hydroxylation sites is 1. The van der Waals surface area contributed by atoms with Gasteiger partial charge in [0.2, 0.25) is 0 Å². The Labute approximate surface area is 76.4 Å². The van der Waals surface area contributed by atoms with Gasteiger partial charge in [-0.05, 0) is 18.2 Å². The van der Waals surface area contributed by atoms with Crippen molar-refractivity contribution in [1.82, 2.24) is 0 Å². The van der Waals surface area contributed by atoms with Gasteiger partial charge in [0.1, 0.15) is 0 Å². The maximum Gasteiger partial charge on any atom is 0.299 e. The third-order valence-corrected chi connectivity index (χ3v) is 2.50. The summed E-state index contributed by atoms with van der Waals surface area (Å²) in [6.07, 6.45) is 2.19. The van der Waals surface area contributed by atoms with E-state index in [0.717, 1.165) is 5.75 Å². The van der Waals surface area contributed by atoms with Crippen molar-refractivity contribution in [1.29, 1.82) is 0 Å². The molecule has 64 valence electrons. The van der Waals surface area contributed by atoms with E-state index in [0.29, 0.717) is 0 Å². The molecular formula is C11H10NO+. The summed E-state index contributed by atoms with van der Waals surface area (Å²) in [5.41, 5.74) is 1.21. The molecule has 0 aliphatic carbocycles. The van der Waals surface area contributed by atoms with Crippen LogP contribution in [-0.4, -0.2) is 0 Å². The maximum absolute atomic E-state index is 5.69. The standard InChI is InChI=1S/C11H10NO/c1-8-12-7-3-5-9-4-2-6-10(13-8)11(9)12/h2-8H,1H3/q+1/t8-/m1/s1. The van der Waals surface area contributed by atoms with Crippen molar-refractivity contribution in [3.05, 3.63) is 36.5 Å². The summed E-state index contributed by atoms with van der Waals surface area (Å²) in [7, 11) is 0. The van der Waals surface area contributed by atoms with Crippen LogP contribution in [-0.2, 0) is 0 Å². The molecule has 1 atom stereocenters. The molecule has 0 radical (unpaired) electrons. The lowest BCUT2D eigenvalue weighted by Gasteiger charge is -1.96. The molecule has 2 heterocycles. The number of hydrogen-bond donors (Lipinski definition) is 0. The summed E-state index contributed by atoms with van der Waals surface area (Å²) >= 11 is 0. The third kappa shape index (κ3) is 0.800. The molecule has 0 N–H and O–H groups in total. The first kappa shape index (κ1) is 6.89. The second kappa shape index (κ2) is 2.22. The highest BCUT2D eigenvalue weighted by Crippen LogP contribution is 2.29. The van der Waals surface area contributed by atoms with Gasteiger partial charge in [0.15, 0.2) is 11.9 Å². The molecule has 0 bridgehead atoms. The van der Waals surface area contributed by atoms with E-state index in [9.17, 15) is 0 Å². The van der Waals surface area contributed by atoms with E-state index >= 15 is 0 Å². The fraction of sp³-hybridized carbons (Fsp3) is 0.182. The summed E-state index contributed by atoms with van der Waals surface area (Å²) in [6, 6.07) is 10.3. The quantitative estimate of drug-likeness (QED) is 0.554. The summed E-state index contributed by atoms with van der Waals surface area (Å²) in [6.45, 7) is 2.06. The molecule has 1 aromatic carbocycles. The zero-order chi connectivity index (χ0) is 8.84. The Hall–Kier alpha value is -1.57. The van der Waals surface area contributed by atoms with Gasteiger partial charge in [0.25, 0.3) is 11.7 Å². The second-order valence-electron chi connectivity index (χ2n) is 3.33. The molecule has 13 heavy (non-hydrogen) atoms. The Balaban J connectivity index is 2.51. The molecule has 1 aromatic heterocycles. The molecule has 2 heteroatoms. The second-order valence-corrected chi connectivity index (χ2v) is 3.33. The van der Waals surface area contributed by atoms with Gasteiger partial charge in [-0.3, -0.25) is 0 Å². The van der Waals surface area contributed by atoms with Crippen molar-refractivity contribution in [3.8, 4) is 5.75 Å². The number of benzene rings is 1. The zero-order valence-electron chi connectivity index (χ0n) is 7.40. The van der Waals surface area contributed by atoms with Gasteiger partial charge >= 0.3 is 0 Å². The monoisotopic (exact) mass is 172 g/mol. The fourth-order valence-corrected chi connectivity index (χ4v) is 1.90. The van der Waals surface area contributed by atoms with E-state index in [1.807, 2.05) is 12.1 Å². The van der Waals surface area contributed by atoms with Crippen LogP contribution in [0.25, 0.3) is 10.9 Å². The van der Waals surface area contributed by atoms with Crippen LogP contribution in [0.5, 0.6) is 5.75 Å². The molecule has 3 rings (SSSR count). The SMILES string of the molecule is C[C@H]1Oc2cccc3ccc[n+]1c23. The number of aromatic nitrogens is 1. The summed E-state index contributed by atoms with van der Waals surface area (Å²) in [5, 5.41) is 1.24. The highest BCUT2D eigenvalue weighted by molar-refractivity contribution is 5.81. The number of rotatable bonds is 0. The largest absolute Gasteiger partial charge is 0.427 e. The van der Waals surface area contributed by atoms with Crippen molar-refractivity contribution in [3.63, 3.8) is 0 Å². The number of pyridine rings is 1. The summed E-state index contributed by atoms with van der Waals surface area (Å²) < 4.78 is 7.84. The minimum atomic E-state index is 0.126. The van der Waals surface area contributed by atoms with Gasteiger partial charge in [-0.1, -0.05) is 6.07 Å². The zero-order valence-corrected chi connectivity index (χ0v) is 7.40. The lowest BCUT2D eigenvalue weighted by atomic mass is 10.2. The number of nitrogens with zero attached hydrogens (tertiary/aromatic N) is 1. The Kier molecular flexibility index (Phi) is 1.18. The van der Waals surface area contributed by atoms with Gasteiger partial charge in [0.05, 0.1) is 5.39 Å². The van der Waals surface area contributed by atoms with Crippen LogP contribution in [0.2, 0.25) is 0 Å². The molecule has 0 amide bonds. The highest BCUT2D eigenvalue weighted by Gasteiger charge is 2.28. The van der Waals surface area contributed by atoms with E-state index in [4.69, 9.17) is 4.74 Å². The smallest absolute Gasteiger partial charge is 0.299 e. The predicted molar refractivity (Wildman–Crippen MR) is 49.5 cm³/mol. The average Bonchev–Trinajstić information content (AvgIpc) is 2.47. The van der Waals surface area contributed by atoms with Crippen LogP contribution in [0.4, 0.5) is 0 Å². The van der Waals surface area contributed by atoms with Crippen LogP contribution < -0.4 is 9.30 Å². The van der Waals surface area contributed by atoms with E-state index in [1.165, 1.54) is 10.9 Å². The van der Waals surface area contributed by atoms with Crippen LogP contribution in [0.3, 0.4) is 0 Å². The van der Waals surface area contributed by atoms with Crippen molar-refractivity contribution < 1.29 is 9.30 Å². The fourth-order valence-electron chi connectivity index (χ4n) is 1.90. The van der Waals surface area contributed by atoms with Crippen LogP contribution in [0.15, 0.2) is 36.5 Å². The molecular weight excluding hydrogens is 162 g/mol. The number of ether oxygens (including phenoxy) is 1. The summed E-state index contributed by atoms with van der Waals surface area (Å²) in [5.74, 6) is 0.991. The van der Waals surface area contributed by atoms with E-state index in [-0.39, 0.29) is 6.23 Å². The molecule has 0 saturated heterocycles. The average molecular weight is 172 g/mol. The van der Waals surface area contributed by atoms with Crippen LogP contribution >= 0.6 is 0 Å². The molecule has 0 spiro atoms. The molecule has 0 saturated carbocycles. The maximum atomic E-state index is 5.69. The lowest BCUT2D eigenvalue weighted by Crippen LogP contribution is -2.36. The molecule has 0 unspecified atom stereocenters. The Morgan fingerprint density at radius 2 is 2.08 bits per heavy atom. The van der Waals surface area contributed by atoms with Gasteiger partial charge in [-0.15, -0.1) is 0 Å². The van der Waals surface area contributed by atoms with E-state index < -0.39 is 0 Å². The Morgan fingerprint density at radius 3 is 3.00 bits per heavy atom. The lowest BCUT2D eigenvalue weighted by molar-refractivity contribution is -0.715. The molecule has 2 aromatic rings. The van der Waals surface area contributed by atoms with Crippen molar-refractivity contribution in [2.45, 2.75) is 13.2 Å². The topological polar surface area (TPSA) is 13.1 Å². The van der Waals surface area contributed by atoms with Crippen molar-refractivity contribution in [2.75, 3.05) is 0 Å². The minimum Gasteiger partial charge on any atom is -0.427 e. The number of hydrogen-bond acceptors (Lipinski definition) is 1. The summed E-state index contributed by atoms with van der Waals surface area (Å²) in [4.78, 5) is 0. The third-order valence-electron chi connectivity index (χ3n) is 2.50. The molecule has 0 fully saturated rings. The minimum absolute atomic E-state index is 0.126. The predicted octanol–water partition coefficient (Wildman–Crippen LogP) is 2.04. The molecule has 1 aliphatic heterocycles. The molecule has 2 nitrogen and oxygen atoms in total. The van der Waals surface area contributed by atoms with Gasteiger partial charge in [0, 0.05) is 13.0 Å². The Morgan fingerprint density at radius 1 is 1.23 bits per heavy atom. The van der Waals surface area contributed by atoms with Gasteiger partial charge < -0.3 is 4.74 Å². The van der Waals surface area contributed by atoms with Crippen LogP contribution in [0, 0.1) is 0 Å². The first-order chi connectivity index (χ1) is 6.36. The van der Waals surface area contributed by atoms with Crippen molar-refractivity contribution in [2.24, 2.45) is 0 Å². The van der Waals surface area contributed by atoms with Crippen molar-refractivity contribution >= 4 is 10.9 Å². The normalized spacial score (nSPS) is 19.0. The van der Waals surface area contributed by atoms with E-state index in [1.54, 1.807) is 0 Å². The van der Waals surface area contributed by atoms with Gasteiger partial charge in [-0.25, -0.2) is 0 Å². The highest BCUT2D eigenvalue weighted by atomic mass is 16.5. The first-order valence-electron chi connectivity index (χ1n) is 4.46. The first-order valence-corrected chi connectivity index (χ1v) is 4.46.